The molecule has 0 radical (unpaired) electrons. The first-order valence-electron chi connectivity index (χ1n) is 8.43. The minimum absolute atomic E-state index is 0.0391. The van der Waals surface area contributed by atoms with Crippen LogP contribution in [0.5, 0.6) is 0 Å². The predicted octanol–water partition coefficient (Wildman–Crippen LogP) is 2.41. The highest BCUT2D eigenvalue weighted by Gasteiger charge is 2.38. The zero-order valence-electron chi connectivity index (χ0n) is 14.6. The fraction of sp³-hybridized carbons (Fsp3) is 0.389. The van der Waals surface area contributed by atoms with E-state index in [4.69, 9.17) is 0 Å². The Labute approximate surface area is 149 Å². The van der Waals surface area contributed by atoms with Gasteiger partial charge in [0.15, 0.2) is 0 Å². The second-order valence-electron chi connectivity index (χ2n) is 6.60. The van der Waals surface area contributed by atoms with Crippen LogP contribution in [0.25, 0.3) is 0 Å². The largest absolute Gasteiger partial charge is 0.351 e. The van der Waals surface area contributed by atoms with Crippen molar-refractivity contribution in [1.82, 2.24) is 15.1 Å². The van der Waals surface area contributed by atoms with Crippen LogP contribution in [-0.2, 0) is 16.1 Å². The summed E-state index contributed by atoms with van der Waals surface area (Å²) in [6, 6.07) is 3.23. The van der Waals surface area contributed by atoms with Gasteiger partial charge in [0.2, 0.25) is 11.8 Å². The van der Waals surface area contributed by atoms with Gasteiger partial charge in [0.05, 0.1) is 11.9 Å². The number of aromatic nitrogens is 2. The second kappa shape index (κ2) is 7.23. The molecule has 1 aromatic heterocycles. The van der Waals surface area contributed by atoms with Gasteiger partial charge in [-0.25, -0.2) is 8.78 Å². The fourth-order valence-corrected chi connectivity index (χ4v) is 2.95. The number of rotatable bonds is 5. The van der Waals surface area contributed by atoms with Gasteiger partial charge in [-0.15, -0.1) is 0 Å². The molecule has 0 bridgehead atoms. The van der Waals surface area contributed by atoms with E-state index in [0.29, 0.717) is 24.2 Å². The molecule has 0 saturated carbocycles. The zero-order chi connectivity index (χ0) is 18.8. The molecule has 1 aliphatic rings. The minimum atomic E-state index is -0.809. The van der Waals surface area contributed by atoms with Crippen molar-refractivity contribution in [1.29, 1.82) is 0 Å². The van der Waals surface area contributed by atoms with Crippen LogP contribution in [0.2, 0.25) is 0 Å². The zero-order valence-corrected chi connectivity index (χ0v) is 14.6. The summed E-state index contributed by atoms with van der Waals surface area (Å²) in [4.78, 5) is 26.4. The lowest BCUT2D eigenvalue weighted by atomic mass is 10.1. The summed E-state index contributed by atoms with van der Waals surface area (Å²) in [5.74, 6) is -2.97. The number of carbonyl (C=O) groups excluding carboxylic acids is 2. The molecular formula is C18H20F2N4O2. The number of anilines is 1. The molecule has 1 unspecified atom stereocenters. The Morgan fingerprint density at radius 2 is 2.00 bits per heavy atom. The van der Waals surface area contributed by atoms with E-state index in [9.17, 15) is 18.4 Å². The van der Waals surface area contributed by atoms with Crippen molar-refractivity contribution >= 4 is 17.5 Å². The predicted molar refractivity (Wildman–Crippen MR) is 91.3 cm³/mol. The molecule has 1 atom stereocenters. The van der Waals surface area contributed by atoms with Gasteiger partial charge in [-0.2, -0.15) is 5.10 Å². The van der Waals surface area contributed by atoms with Crippen LogP contribution in [0, 0.1) is 17.6 Å². The fourth-order valence-electron chi connectivity index (χ4n) is 2.95. The number of benzene rings is 1. The van der Waals surface area contributed by atoms with Gasteiger partial charge in [-0.3, -0.25) is 14.3 Å². The molecule has 1 fully saturated rings. The monoisotopic (exact) mass is 362 g/mol. The van der Waals surface area contributed by atoms with Crippen LogP contribution in [-0.4, -0.2) is 28.1 Å². The first kappa shape index (κ1) is 18.0. The summed E-state index contributed by atoms with van der Waals surface area (Å²) in [6.07, 6.45) is 3.76. The molecule has 8 heteroatoms. The molecule has 6 nitrogen and oxygen atoms in total. The Morgan fingerprint density at radius 1 is 1.31 bits per heavy atom. The molecule has 0 aliphatic carbocycles. The lowest BCUT2D eigenvalue weighted by molar-refractivity contribution is -0.132. The summed E-state index contributed by atoms with van der Waals surface area (Å²) < 4.78 is 28.1. The van der Waals surface area contributed by atoms with Gasteiger partial charge in [-0.1, -0.05) is 0 Å². The number of hydrogen-bond acceptors (Lipinski definition) is 3. The quantitative estimate of drug-likeness (QED) is 0.831. The molecule has 3 rings (SSSR count). The number of nitrogens with zero attached hydrogens (tertiary/aromatic N) is 3. The van der Waals surface area contributed by atoms with Crippen molar-refractivity contribution in [2.45, 2.75) is 32.9 Å². The Bertz CT molecular complexity index is 814. The molecule has 0 spiro atoms. The first-order chi connectivity index (χ1) is 12.3. The molecule has 1 aromatic carbocycles. The van der Waals surface area contributed by atoms with Crippen molar-refractivity contribution in [3.05, 3.63) is 47.8 Å². The minimum Gasteiger partial charge on any atom is -0.351 e. The normalized spacial score (nSPS) is 17.2. The topological polar surface area (TPSA) is 67.2 Å². The molecule has 138 valence electrons. The van der Waals surface area contributed by atoms with Crippen molar-refractivity contribution in [3.63, 3.8) is 0 Å². The Kier molecular flexibility index (Phi) is 5.01. The number of amides is 2. The average Bonchev–Trinajstić information content (AvgIpc) is 3.18. The summed E-state index contributed by atoms with van der Waals surface area (Å²) in [7, 11) is 0. The second-order valence-corrected chi connectivity index (χ2v) is 6.60. The maximum Gasteiger partial charge on any atom is 0.239 e. The summed E-state index contributed by atoms with van der Waals surface area (Å²) in [6.45, 7) is 4.35. The van der Waals surface area contributed by atoms with Crippen LogP contribution >= 0.6 is 0 Å². The van der Waals surface area contributed by atoms with Gasteiger partial charge in [0.25, 0.3) is 0 Å². The third kappa shape index (κ3) is 3.74. The Hall–Kier alpha value is -2.77. The van der Waals surface area contributed by atoms with Crippen molar-refractivity contribution in [3.8, 4) is 0 Å². The SMILES string of the molecule is CC(C)n1cc(N2CCC(C(=O)NCc3cc(F)cc(F)c3)C2=O)cn1. The average molecular weight is 362 g/mol. The van der Waals surface area contributed by atoms with Crippen molar-refractivity contribution in [2.75, 3.05) is 11.4 Å². The molecule has 1 aliphatic heterocycles. The van der Waals surface area contributed by atoms with Crippen LogP contribution in [0.15, 0.2) is 30.6 Å². The lowest BCUT2D eigenvalue weighted by Gasteiger charge is -2.14. The van der Waals surface area contributed by atoms with Crippen LogP contribution < -0.4 is 10.2 Å². The highest BCUT2D eigenvalue weighted by molar-refractivity contribution is 6.09. The van der Waals surface area contributed by atoms with Gasteiger partial charge in [-0.05, 0) is 38.0 Å². The summed E-state index contributed by atoms with van der Waals surface area (Å²) in [5.41, 5.74) is 0.961. The van der Waals surface area contributed by atoms with Crippen molar-refractivity contribution < 1.29 is 18.4 Å². The number of carbonyl (C=O) groups is 2. The standard InChI is InChI=1S/C18H20F2N4O2/c1-11(2)24-10-15(9-22-24)23-4-3-16(18(23)26)17(25)21-8-12-5-13(19)7-14(20)6-12/h5-7,9-11,16H,3-4,8H2,1-2H3,(H,21,25). The summed E-state index contributed by atoms with van der Waals surface area (Å²) in [5, 5.41) is 6.79. The smallest absolute Gasteiger partial charge is 0.239 e. The molecule has 26 heavy (non-hydrogen) atoms. The number of halogens is 2. The van der Waals surface area contributed by atoms with E-state index in [1.807, 2.05) is 13.8 Å². The van der Waals surface area contributed by atoms with Crippen LogP contribution in [0.1, 0.15) is 31.9 Å². The number of hydrogen-bond donors (Lipinski definition) is 1. The Morgan fingerprint density at radius 3 is 2.62 bits per heavy atom. The van der Waals surface area contributed by atoms with Gasteiger partial charge >= 0.3 is 0 Å². The third-order valence-corrected chi connectivity index (χ3v) is 4.34. The maximum absolute atomic E-state index is 13.2. The highest BCUT2D eigenvalue weighted by atomic mass is 19.1. The van der Waals surface area contributed by atoms with Gasteiger partial charge in [0, 0.05) is 31.4 Å². The van der Waals surface area contributed by atoms with E-state index in [0.717, 1.165) is 18.2 Å². The van der Waals surface area contributed by atoms with Gasteiger partial charge < -0.3 is 10.2 Å². The molecule has 2 heterocycles. The molecular weight excluding hydrogens is 342 g/mol. The molecule has 2 amide bonds. The first-order valence-corrected chi connectivity index (χ1v) is 8.43. The highest BCUT2D eigenvalue weighted by Crippen LogP contribution is 2.25. The summed E-state index contributed by atoms with van der Waals surface area (Å²) >= 11 is 0. The van der Waals surface area contributed by atoms with E-state index in [2.05, 4.69) is 10.4 Å². The van der Waals surface area contributed by atoms with Crippen LogP contribution in [0.4, 0.5) is 14.5 Å². The van der Waals surface area contributed by atoms with E-state index in [1.54, 1.807) is 17.1 Å². The van der Waals surface area contributed by atoms with E-state index in [-0.39, 0.29) is 18.5 Å². The van der Waals surface area contributed by atoms with Crippen LogP contribution in [0.3, 0.4) is 0 Å². The van der Waals surface area contributed by atoms with E-state index < -0.39 is 23.5 Å². The van der Waals surface area contributed by atoms with Crippen molar-refractivity contribution in [2.24, 2.45) is 5.92 Å². The van der Waals surface area contributed by atoms with E-state index >= 15 is 0 Å². The number of nitrogens with one attached hydrogen (secondary N) is 1. The van der Waals surface area contributed by atoms with E-state index in [1.165, 1.54) is 4.90 Å². The molecule has 1 N–H and O–H groups in total. The third-order valence-electron chi connectivity index (χ3n) is 4.34. The van der Waals surface area contributed by atoms with Gasteiger partial charge in [0.1, 0.15) is 17.6 Å². The lowest BCUT2D eigenvalue weighted by Crippen LogP contribution is -2.36. The Balaban J connectivity index is 1.62. The molecule has 1 saturated heterocycles. The maximum atomic E-state index is 13.2. The molecule has 2 aromatic rings.